The third kappa shape index (κ3) is 2.77. The lowest BCUT2D eigenvalue weighted by Crippen LogP contribution is -2.01. The molecular weight excluding hydrogens is 318 g/mol. The Morgan fingerprint density at radius 2 is 1.92 bits per heavy atom. The monoisotopic (exact) mass is 328 g/mol. The number of hydrogen-bond acceptors (Lipinski definition) is 3. The predicted octanol–water partition coefficient (Wildman–Crippen LogP) is 3.80. The minimum Gasteiger partial charge on any atom is -0.478 e. The molecule has 1 aromatic heterocycles. The van der Waals surface area contributed by atoms with Gasteiger partial charge in [-0.05, 0) is 42.5 Å². The van der Waals surface area contributed by atoms with Gasteiger partial charge in [-0.25, -0.2) is 4.79 Å². The number of nitriles is 1. The van der Waals surface area contributed by atoms with Gasteiger partial charge < -0.3 is 14.4 Å². The van der Waals surface area contributed by atoms with E-state index < -0.39 is 12.6 Å². The Labute approximate surface area is 134 Å². The van der Waals surface area contributed by atoms with E-state index in [-0.39, 0.29) is 11.3 Å². The molecule has 0 bridgehead atoms. The zero-order valence-corrected chi connectivity index (χ0v) is 12.1. The highest BCUT2D eigenvalue weighted by Crippen LogP contribution is 2.29. The van der Waals surface area contributed by atoms with Gasteiger partial charge in [0.25, 0.3) is 0 Å². The van der Waals surface area contributed by atoms with Crippen LogP contribution in [0.2, 0.25) is 0 Å². The molecule has 0 aliphatic rings. The topological polar surface area (TPSA) is 75.2 Å². The molecule has 0 spiro atoms. The number of carboxylic acid groups (broad SMARTS) is 1. The number of carbonyl (C=O) groups is 1. The van der Waals surface area contributed by atoms with E-state index in [1.807, 2.05) is 6.07 Å². The zero-order chi connectivity index (χ0) is 17.3. The maximum Gasteiger partial charge on any atom is 0.387 e. The lowest BCUT2D eigenvalue weighted by Gasteiger charge is -2.07. The summed E-state index contributed by atoms with van der Waals surface area (Å²) in [4.78, 5) is 10.9. The molecule has 0 atom stereocenters. The van der Waals surface area contributed by atoms with Crippen LogP contribution in [0.1, 0.15) is 15.9 Å². The summed E-state index contributed by atoms with van der Waals surface area (Å²) in [6.45, 7) is -2.95. The number of fused-ring (bicyclic) bond motifs is 1. The number of ether oxygens (including phenoxy) is 1. The summed E-state index contributed by atoms with van der Waals surface area (Å²) in [5.74, 6) is -1.07. The molecule has 1 N–H and O–H groups in total. The van der Waals surface area contributed by atoms with E-state index in [9.17, 15) is 18.8 Å². The number of nitrogens with zero attached hydrogens (tertiary/aromatic N) is 2. The van der Waals surface area contributed by atoms with Gasteiger partial charge in [0, 0.05) is 17.3 Å². The van der Waals surface area contributed by atoms with E-state index in [0.29, 0.717) is 22.2 Å². The van der Waals surface area contributed by atoms with Gasteiger partial charge in [-0.2, -0.15) is 14.0 Å². The summed E-state index contributed by atoms with van der Waals surface area (Å²) in [5, 5.41) is 18.7. The number of aromatic nitrogens is 1. The third-order valence-electron chi connectivity index (χ3n) is 3.51. The number of carboxylic acids is 1. The van der Waals surface area contributed by atoms with E-state index in [1.54, 1.807) is 29.0 Å². The average molecular weight is 328 g/mol. The number of rotatable bonds is 4. The van der Waals surface area contributed by atoms with Gasteiger partial charge in [-0.3, -0.25) is 0 Å². The summed E-state index contributed by atoms with van der Waals surface area (Å²) in [6, 6.07) is 12.5. The highest BCUT2D eigenvalue weighted by atomic mass is 19.3. The number of halogens is 2. The summed E-state index contributed by atoms with van der Waals surface area (Å²) in [7, 11) is 0. The van der Waals surface area contributed by atoms with Gasteiger partial charge in [-0.15, -0.1) is 0 Å². The molecule has 3 rings (SSSR count). The fourth-order valence-corrected chi connectivity index (χ4v) is 2.45. The van der Waals surface area contributed by atoms with E-state index >= 15 is 0 Å². The lowest BCUT2D eigenvalue weighted by molar-refractivity contribution is -0.0497. The van der Waals surface area contributed by atoms with Crippen LogP contribution in [0.5, 0.6) is 5.75 Å². The first-order chi connectivity index (χ1) is 11.5. The number of aromatic carboxylic acids is 1. The largest absolute Gasteiger partial charge is 0.478 e. The van der Waals surface area contributed by atoms with E-state index in [2.05, 4.69) is 4.74 Å². The van der Waals surface area contributed by atoms with Crippen molar-refractivity contribution in [1.29, 1.82) is 5.26 Å². The molecule has 5 nitrogen and oxygen atoms in total. The molecular formula is C17H10F2N2O3. The van der Waals surface area contributed by atoms with Crippen molar-refractivity contribution in [3.8, 4) is 17.5 Å². The van der Waals surface area contributed by atoms with Crippen LogP contribution in [0.4, 0.5) is 8.78 Å². The second kappa shape index (κ2) is 6.01. The molecule has 0 radical (unpaired) electrons. The summed E-state index contributed by atoms with van der Waals surface area (Å²) in [5.41, 5.74) is 1.71. The molecule has 3 aromatic rings. The first-order valence-corrected chi connectivity index (χ1v) is 6.83. The van der Waals surface area contributed by atoms with Gasteiger partial charge in [-0.1, -0.05) is 0 Å². The van der Waals surface area contributed by atoms with Gasteiger partial charge >= 0.3 is 12.6 Å². The van der Waals surface area contributed by atoms with Crippen molar-refractivity contribution in [2.45, 2.75) is 6.61 Å². The van der Waals surface area contributed by atoms with E-state index in [0.717, 1.165) is 0 Å². The Morgan fingerprint density at radius 3 is 2.50 bits per heavy atom. The van der Waals surface area contributed by atoms with Crippen LogP contribution in [0.3, 0.4) is 0 Å². The number of alkyl halides is 2. The Kier molecular flexibility index (Phi) is 3.88. The molecule has 0 amide bonds. The second-order valence-electron chi connectivity index (χ2n) is 4.93. The van der Waals surface area contributed by atoms with Gasteiger partial charge in [0.15, 0.2) is 0 Å². The smallest absolute Gasteiger partial charge is 0.387 e. The quantitative estimate of drug-likeness (QED) is 0.790. The van der Waals surface area contributed by atoms with Crippen molar-refractivity contribution in [2.75, 3.05) is 0 Å². The molecule has 24 heavy (non-hydrogen) atoms. The number of benzene rings is 2. The van der Waals surface area contributed by atoms with Crippen molar-refractivity contribution in [1.82, 2.24) is 4.57 Å². The fourth-order valence-electron chi connectivity index (χ4n) is 2.45. The van der Waals surface area contributed by atoms with Crippen LogP contribution >= 0.6 is 0 Å². The molecule has 120 valence electrons. The lowest BCUT2D eigenvalue weighted by atomic mass is 10.2. The van der Waals surface area contributed by atoms with Crippen molar-refractivity contribution in [2.24, 2.45) is 0 Å². The van der Waals surface area contributed by atoms with E-state index in [1.165, 1.54) is 24.3 Å². The van der Waals surface area contributed by atoms with Crippen LogP contribution < -0.4 is 4.74 Å². The maximum absolute atomic E-state index is 12.3. The average Bonchev–Trinajstić information content (AvgIpc) is 2.92. The highest BCUT2D eigenvalue weighted by molar-refractivity contribution is 5.90. The van der Waals surface area contributed by atoms with Crippen molar-refractivity contribution in [3.05, 3.63) is 59.8 Å². The predicted molar refractivity (Wildman–Crippen MR) is 81.6 cm³/mol. The molecule has 7 heteroatoms. The van der Waals surface area contributed by atoms with E-state index in [4.69, 9.17) is 5.11 Å². The van der Waals surface area contributed by atoms with Crippen molar-refractivity contribution >= 4 is 16.9 Å². The Hall–Kier alpha value is -3.40. The van der Waals surface area contributed by atoms with Gasteiger partial charge in [0.05, 0.1) is 16.6 Å². The Morgan fingerprint density at radius 1 is 1.21 bits per heavy atom. The molecule has 1 heterocycles. The summed E-state index contributed by atoms with van der Waals surface area (Å²) >= 11 is 0. The molecule has 0 unspecified atom stereocenters. The standard InChI is InChI=1S/C17H10F2N2O3/c18-17(19)24-13-5-6-15-14(7-13)11(8-20)9-21(15)12-3-1-10(2-4-12)16(22)23/h1-7,9,17H,(H,22,23). The van der Waals surface area contributed by atoms with Crippen molar-refractivity contribution in [3.63, 3.8) is 0 Å². The van der Waals surface area contributed by atoms with Crippen LogP contribution in [-0.4, -0.2) is 22.3 Å². The minimum absolute atomic E-state index is 0.0343. The van der Waals surface area contributed by atoms with Crippen LogP contribution in [0.15, 0.2) is 48.7 Å². The number of hydrogen-bond donors (Lipinski definition) is 1. The SMILES string of the molecule is N#Cc1cn(-c2ccc(C(=O)O)cc2)c2ccc(OC(F)F)cc12. The first kappa shape index (κ1) is 15.5. The first-order valence-electron chi connectivity index (χ1n) is 6.83. The third-order valence-corrected chi connectivity index (χ3v) is 3.51. The molecule has 2 aromatic carbocycles. The Bertz CT molecular complexity index is 956. The second-order valence-corrected chi connectivity index (χ2v) is 4.93. The highest BCUT2D eigenvalue weighted by Gasteiger charge is 2.13. The molecule has 0 saturated heterocycles. The minimum atomic E-state index is -2.95. The molecule has 0 aliphatic heterocycles. The molecule has 0 aliphatic carbocycles. The summed E-state index contributed by atoms with van der Waals surface area (Å²) in [6.07, 6.45) is 1.56. The van der Waals surface area contributed by atoms with Gasteiger partial charge in [0.1, 0.15) is 11.8 Å². The molecule has 0 fully saturated rings. The summed E-state index contributed by atoms with van der Waals surface area (Å²) < 4.78 is 30.7. The van der Waals surface area contributed by atoms with Crippen LogP contribution in [0.25, 0.3) is 16.6 Å². The van der Waals surface area contributed by atoms with Crippen LogP contribution in [-0.2, 0) is 0 Å². The van der Waals surface area contributed by atoms with Gasteiger partial charge in [0.2, 0.25) is 0 Å². The van der Waals surface area contributed by atoms with Crippen LogP contribution in [0, 0.1) is 11.3 Å². The maximum atomic E-state index is 12.3. The Balaban J connectivity index is 2.12. The molecule has 0 saturated carbocycles. The normalized spacial score (nSPS) is 10.8. The fraction of sp³-hybridized carbons (Fsp3) is 0.0588. The zero-order valence-electron chi connectivity index (χ0n) is 12.1. The van der Waals surface area contributed by atoms with Crippen molar-refractivity contribution < 1.29 is 23.4 Å².